The monoisotopic (exact) mass is 255 g/mol. The van der Waals surface area contributed by atoms with Gasteiger partial charge in [-0.1, -0.05) is 29.8 Å². The van der Waals surface area contributed by atoms with E-state index in [1.165, 1.54) is 11.1 Å². The Morgan fingerprint density at radius 2 is 1.84 bits per heavy atom. The zero-order valence-corrected chi connectivity index (χ0v) is 12.0. The van der Waals surface area contributed by atoms with Crippen LogP contribution in [0.1, 0.15) is 29.7 Å². The molecule has 0 radical (unpaired) electrons. The van der Waals surface area contributed by atoms with Gasteiger partial charge < -0.3 is 10.1 Å². The fourth-order valence-electron chi connectivity index (χ4n) is 2.05. The van der Waals surface area contributed by atoms with Gasteiger partial charge in [-0.15, -0.1) is 0 Å². The predicted octanol–water partition coefficient (Wildman–Crippen LogP) is 4.38. The molecular weight excluding hydrogens is 234 g/mol. The number of ether oxygens (including phenoxy) is 1. The third-order valence-corrected chi connectivity index (χ3v) is 3.35. The molecular formula is C17H21NO. The molecule has 0 spiro atoms. The summed E-state index contributed by atoms with van der Waals surface area (Å²) >= 11 is 0. The molecule has 2 aromatic carbocycles. The first kappa shape index (κ1) is 13.6. The lowest BCUT2D eigenvalue weighted by atomic mass is 10.1. The average molecular weight is 255 g/mol. The summed E-state index contributed by atoms with van der Waals surface area (Å²) in [4.78, 5) is 0. The van der Waals surface area contributed by atoms with E-state index in [-0.39, 0.29) is 0 Å². The molecule has 0 bridgehead atoms. The van der Waals surface area contributed by atoms with Crippen molar-refractivity contribution in [2.75, 3.05) is 7.05 Å². The van der Waals surface area contributed by atoms with Crippen molar-refractivity contribution in [1.82, 2.24) is 5.32 Å². The van der Waals surface area contributed by atoms with E-state index in [9.17, 15) is 0 Å². The van der Waals surface area contributed by atoms with Gasteiger partial charge in [0.1, 0.15) is 11.5 Å². The molecule has 0 aromatic heterocycles. The molecule has 0 aliphatic rings. The van der Waals surface area contributed by atoms with Crippen molar-refractivity contribution in [3.63, 3.8) is 0 Å². The van der Waals surface area contributed by atoms with Crippen LogP contribution in [0.5, 0.6) is 11.5 Å². The fraction of sp³-hybridized carbons (Fsp3) is 0.294. The first-order valence-corrected chi connectivity index (χ1v) is 6.62. The molecule has 0 saturated heterocycles. The van der Waals surface area contributed by atoms with Crippen LogP contribution in [0.15, 0.2) is 42.5 Å². The van der Waals surface area contributed by atoms with E-state index < -0.39 is 0 Å². The minimum absolute atomic E-state index is 0.322. The Kier molecular flexibility index (Phi) is 4.23. The van der Waals surface area contributed by atoms with Crippen molar-refractivity contribution in [2.24, 2.45) is 0 Å². The van der Waals surface area contributed by atoms with E-state index in [4.69, 9.17) is 4.74 Å². The second-order valence-corrected chi connectivity index (χ2v) is 4.95. The van der Waals surface area contributed by atoms with Crippen molar-refractivity contribution in [2.45, 2.75) is 26.8 Å². The van der Waals surface area contributed by atoms with Crippen LogP contribution in [0.2, 0.25) is 0 Å². The van der Waals surface area contributed by atoms with E-state index in [2.05, 4.69) is 50.4 Å². The molecule has 1 N–H and O–H groups in total. The maximum Gasteiger partial charge on any atom is 0.130 e. The number of rotatable bonds is 4. The molecule has 100 valence electrons. The van der Waals surface area contributed by atoms with Crippen molar-refractivity contribution in [1.29, 1.82) is 0 Å². The second-order valence-electron chi connectivity index (χ2n) is 4.95. The van der Waals surface area contributed by atoms with Gasteiger partial charge in [0.25, 0.3) is 0 Å². The summed E-state index contributed by atoms with van der Waals surface area (Å²) in [7, 11) is 1.96. The molecule has 0 amide bonds. The standard InChI is InChI=1S/C17H21NO/c1-12-8-9-17(13(2)10-12)19-16-7-5-6-15(11-16)14(3)18-4/h5-11,14,18H,1-4H3. The lowest BCUT2D eigenvalue weighted by molar-refractivity contribution is 0.477. The van der Waals surface area contributed by atoms with Crippen LogP contribution >= 0.6 is 0 Å². The minimum atomic E-state index is 0.322. The molecule has 1 atom stereocenters. The van der Waals surface area contributed by atoms with Gasteiger partial charge in [-0.3, -0.25) is 0 Å². The third-order valence-electron chi connectivity index (χ3n) is 3.35. The first-order valence-electron chi connectivity index (χ1n) is 6.62. The molecule has 0 heterocycles. The van der Waals surface area contributed by atoms with E-state index in [1.807, 2.05) is 25.2 Å². The first-order chi connectivity index (χ1) is 9.10. The summed E-state index contributed by atoms with van der Waals surface area (Å²) < 4.78 is 5.97. The van der Waals surface area contributed by atoms with Gasteiger partial charge in [0.2, 0.25) is 0 Å². The van der Waals surface area contributed by atoms with E-state index in [1.54, 1.807) is 0 Å². The van der Waals surface area contributed by atoms with Crippen molar-refractivity contribution >= 4 is 0 Å². The van der Waals surface area contributed by atoms with Gasteiger partial charge in [-0.25, -0.2) is 0 Å². The van der Waals surface area contributed by atoms with Gasteiger partial charge in [0.15, 0.2) is 0 Å². The molecule has 2 heteroatoms. The number of aryl methyl sites for hydroxylation is 2. The largest absolute Gasteiger partial charge is 0.457 e. The maximum atomic E-state index is 5.97. The van der Waals surface area contributed by atoms with Crippen molar-refractivity contribution in [3.05, 3.63) is 59.2 Å². The molecule has 2 aromatic rings. The normalized spacial score (nSPS) is 12.2. The molecule has 0 saturated carbocycles. The van der Waals surface area contributed by atoms with Crippen LogP contribution in [0.3, 0.4) is 0 Å². The van der Waals surface area contributed by atoms with Crippen molar-refractivity contribution in [3.8, 4) is 11.5 Å². The van der Waals surface area contributed by atoms with Crippen LogP contribution in [-0.4, -0.2) is 7.05 Å². The van der Waals surface area contributed by atoms with Gasteiger partial charge in [0.05, 0.1) is 0 Å². The molecule has 0 fully saturated rings. The number of hydrogen-bond acceptors (Lipinski definition) is 2. The SMILES string of the molecule is CNC(C)c1cccc(Oc2ccc(C)cc2C)c1. The van der Waals surface area contributed by atoms with Gasteiger partial charge in [0, 0.05) is 6.04 Å². The van der Waals surface area contributed by atoms with E-state index in [0.717, 1.165) is 17.1 Å². The van der Waals surface area contributed by atoms with Crippen LogP contribution in [-0.2, 0) is 0 Å². The summed E-state index contributed by atoms with van der Waals surface area (Å²) in [5.41, 5.74) is 3.64. The smallest absolute Gasteiger partial charge is 0.130 e. The highest BCUT2D eigenvalue weighted by Gasteiger charge is 2.05. The molecule has 19 heavy (non-hydrogen) atoms. The summed E-state index contributed by atoms with van der Waals surface area (Å²) in [5.74, 6) is 1.80. The highest BCUT2D eigenvalue weighted by Crippen LogP contribution is 2.27. The Morgan fingerprint density at radius 3 is 2.53 bits per heavy atom. The maximum absolute atomic E-state index is 5.97. The molecule has 1 unspecified atom stereocenters. The minimum Gasteiger partial charge on any atom is -0.457 e. The van der Waals surface area contributed by atoms with Crippen LogP contribution in [0.25, 0.3) is 0 Å². The summed E-state index contributed by atoms with van der Waals surface area (Å²) in [6, 6.07) is 14.8. The number of benzene rings is 2. The van der Waals surface area contributed by atoms with Gasteiger partial charge >= 0.3 is 0 Å². The molecule has 2 rings (SSSR count). The third kappa shape index (κ3) is 3.36. The second kappa shape index (κ2) is 5.89. The Hall–Kier alpha value is -1.80. The molecule has 0 aliphatic carbocycles. The number of nitrogens with one attached hydrogen (secondary N) is 1. The van der Waals surface area contributed by atoms with Crippen LogP contribution < -0.4 is 10.1 Å². The van der Waals surface area contributed by atoms with Crippen LogP contribution in [0, 0.1) is 13.8 Å². The Labute approximate surface area is 115 Å². The Balaban J connectivity index is 2.23. The molecule has 0 aliphatic heterocycles. The Morgan fingerprint density at radius 1 is 1.05 bits per heavy atom. The predicted molar refractivity (Wildman–Crippen MR) is 79.9 cm³/mol. The summed E-state index contributed by atoms with van der Waals surface area (Å²) in [6.07, 6.45) is 0. The van der Waals surface area contributed by atoms with Gasteiger partial charge in [-0.2, -0.15) is 0 Å². The lowest BCUT2D eigenvalue weighted by Crippen LogP contribution is -2.12. The molecule has 2 nitrogen and oxygen atoms in total. The summed E-state index contributed by atoms with van der Waals surface area (Å²) in [6.45, 7) is 6.30. The van der Waals surface area contributed by atoms with E-state index >= 15 is 0 Å². The summed E-state index contributed by atoms with van der Waals surface area (Å²) in [5, 5.41) is 3.24. The van der Waals surface area contributed by atoms with Gasteiger partial charge in [-0.05, 0) is 57.1 Å². The highest BCUT2D eigenvalue weighted by atomic mass is 16.5. The highest BCUT2D eigenvalue weighted by molar-refractivity contribution is 5.40. The van der Waals surface area contributed by atoms with Crippen molar-refractivity contribution < 1.29 is 4.74 Å². The fourth-order valence-corrected chi connectivity index (χ4v) is 2.05. The van der Waals surface area contributed by atoms with Crippen LogP contribution in [0.4, 0.5) is 0 Å². The lowest BCUT2D eigenvalue weighted by Gasteiger charge is -2.13. The quantitative estimate of drug-likeness (QED) is 0.875. The van der Waals surface area contributed by atoms with E-state index in [0.29, 0.717) is 6.04 Å². The topological polar surface area (TPSA) is 21.3 Å². The number of hydrogen-bond donors (Lipinski definition) is 1. The average Bonchev–Trinajstić information content (AvgIpc) is 2.41. The zero-order valence-electron chi connectivity index (χ0n) is 12.0. The zero-order chi connectivity index (χ0) is 13.8. The Bertz CT molecular complexity index is 563.